The summed E-state index contributed by atoms with van der Waals surface area (Å²) < 4.78 is 0. The number of hydrogen-bond donors (Lipinski definition) is 2. The maximum atomic E-state index is 11.5. The van der Waals surface area contributed by atoms with Gasteiger partial charge in [-0.1, -0.05) is 20.3 Å². The van der Waals surface area contributed by atoms with Crippen molar-refractivity contribution in [1.29, 1.82) is 0 Å². The summed E-state index contributed by atoms with van der Waals surface area (Å²) in [6.07, 6.45) is 4.62. The highest BCUT2D eigenvalue weighted by molar-refractivity contribution is 5.81. The molecule has 3 nitrogen and oxygen atoms in total. The topological polar surface area (TPSA) is 55.1 Å². The summed E-state index contributed by atoms with van der Waals surface area (Å²) in [5.41, 5.74) is 5.75. The highest BCUT2D eigenvalue weighted by Gasteiger charge is 2.20. The van der Waals surface area contributed by atoms with Crippen LogP contribution >= 0.6 is 0 Å². The molecular weight excluding hydrogens is 176 g/mol. The lowest BCUT2D eigenvalue weighted by molar-refractivity contribution is -0.123. The Morgan fingerprint density at radius 1 is 1.50 bits per heavy atom. The SMILES string of the molecule is CC(C)C[C@H](N)C(=O)NCC1CCC1. The van der Waals surface area contributed by atoms with Crippen LogP contribution in [0.5, 0.6) is 0 Å². The minimum Gasteiger partial charge on any atom is -0.354 e. The Balaban J connectivity index is 2.12. The summed E-state index contributed by atoms with van der Waals surface area (Å²) in [5.74, 6) is 1.22. The molecule has 1 amide bonds. The molecule has 0 aromatic carbocycles. The summed E-state index contributed by atoms with van der Waals surface area (Å²) >= 11 is 0. The molecular formula is C11H22N2O. The maximum absolute atomic E-state index is 11.5. The maximum Gasteiger partial charge on any atom is 0.236 e. The van der Waals surface area contributed by atoms with Gasteiger partial charge < -0.3 is 11.1 Å². The van der Waals surface area contributed by atoms with Crippen LogP contribution in [0.2, 0.25) is 0 Å². The van der Waals surface area contributed by atoms with E-state index in [4.69, 9.17) is 5.73 Å². The molecule has 14 heavy (non-hydrogen) atoms. The highest BCUT2D eigenvalue weighted by atomic mass is 16.2. The first kappa shape index (κ1) is 11.5. The second kappa shape index (κ2) is 5.35. The zero-order valence-corrected chi connectivity index (χ0v) is 9.25. The molecule has 0 unspecified atom stereocenters. The summed E-state index contributed by atoms with van der Waals surface area (Å²) in [6, 6.07) is -0.324. The van der Waals surface area contributed by atoms with Crippen LogP contribution in [-0.4, -0.2) is 18.5 Å². The Morgan fingerprint density at radius 3 is 2.57 bits per heavy atom. The molecule has 3 heteroatoms. The molecule has 1 atom stereocenters. The standard InChI is InChI=1S/C11H22N2O/c1-8(2)6-10(12)11(14)13-7-9-4-3-5-9/h8-10H,3-7,12H2,1-2H3,(H,13,14)/t10-/m0/s1. The second-order valence-corrected chi connectivity index (χ2v) is 4.78. The molecule has 0 radical (unpaired) electrons. The van der Waals surface area contributed by atoms with E-state index in [1.54, 1.807) is 0 Å². The van der Waals surface area contributed by atoms with Crippen molar-refractivity contribution in [3.8, 4) is 0 Å². The third-order valence-corrected chi connectivity index (χ3v) is 2.85. The predicted octanol–water partition coefficient (Wildman–Crippen LogP) is 1.28. The number of nitrogens with two attached hydrogens (primary N) is 1. The van der Waals surface area contributed by atoms with Gasteiger partial charge in [-0.2, -0.15) is 0 Å². The summed E-state index contributed by atoms with van der Waals surface area (Å²) in [7, 11) is 0. The number of nitrogens with one attached hydrogen (secondary N) is 1. The number of carbonyl (C=O) groups is 1. The van der Waals surface area contributed by atoms with Gasteiger partial charge in [0.2, 0.25) is 5.91 Å². The van der Waals surface area contributed by atoms with Crippen molar-refractivity contribution in [2.24, 2.45) is 17.6 Å². The van der Waals surface area contributed by atoms with E-state index in [1.807, 2.05) is 0 Å². The summed E-state index contributed by atoms with van der Waals surface area (Å²) in [4.78, 5) is 11.5. The Hall–Kier alpha value is -0.570. The van der Waals surface area contributed by atoms with Gasteiger partial charge in [-0.05, 0) is 31.1 Å². The van der Waals surface area contributed by atoms with Crippen molar-refractivity contribution in [1.82, 2.24) is 5.32 Å². The molecule has 1 aliphatic rings. The van der Waals surface area contributed by atoms with Crippen molar-refractivity contribution < 1.29 is 4.79 Å². The van der Waals surface area contributed by atoms with Crippen LogP contribution in [0.1, 0.15) is 39.5 Å². The van der Waals surface area contributed by atoms with Crippen LogP contribution in [0.3, 0.4) is 0 Å². The Bertz CT molecular complexity index is 188. The fourth-order valence-electron chi connectivity index (χ4n) is 1.69. The van der Waals surface area contributed by atoms with Gasteiger partial charge >= 0.3 is 0 Å². The molecule has 82 valence electrons. The van der Waals surface area contributed by atoms with E-state index >= 15 is 0 Å². The lowest BCUT2D eigenvalue weighted by atomic mass is 9.85. The van der Waals surface area contributed by atoms with Gasteiger partial charge in [0.1, 0.15) is 0 Å². The van der Waals surface area contributed by atoms with Crippen LogP contribution in [-0.2, 0) is 4.79 Å². The molecule has 0 aliphatic heterocycles. The molecule has 1 fully saturated rings. The Labute approximate surface area is 86.4 Å². The third-order valence-electron chi connectivity index (χ3n) is 2.85. The summed E-state index contributed by atoms with van der Waals surface area (Å²) in [5, 5.41) is 2.93. The van der Waals surface area contributed by atoms with Gasteiger partial charge in [0, 0.05) is 6.54 Å². The average Bonchev–Trinajstić information content (AvgIpc) is 1.99. The average molecular weight is 198 g/mol. The van der Waals surface area contributed by atoms with Gasteiger partial charge in [0.15, 0.2) is 0 Å². The molecule has 3 N–H and O–H groups in total. The van der Waals surface area contributed by atoms with Crippen LogP contribution in [0, 0.1) is 11.8 Å². The first-order chi connectivity index (χ1) is 6.59. The molecule has 1 aliphatic carbocycles. The van der Waals surface area contributed by atoms with Crippen LogP contribution in [0.4, 0.5) is 0 Å². The Morgan fingerprint density at radius 2 is 2.14 bits per heavy atom. The molecule has 0 aromatic rings. The van der Waals surface area contributed by atoms with Gasteiger partial charge in [-0.25, -0.2) is 0 Å². The van der Waals surface area contributed by atoms with Crippen molar-refractivity contribution in [3.63, 3.8) is 0 Å². The first-order valence-electron chi connectivity index (χ1n) is 5.63. The molecule has 0 aromatic heterocycles. The third kappa shape index (κ3) is 3.66. The van der Waals surface area contributed by atoms with E-state index < -0.39 is 0 Å². The number of hydrogen-bond acceptors (Lipinski definition) is 2. The number of amides is 1. The van der Waals surface area contributed by atoms with Crippen LogP contribution in [0.15, 0.2) is 0 Å². The zero-order valence-electron chi connectivity index (χ0n) is 9.25. The van der Waals surface area contributed by atoms with Crippen molar-refractivity contribution in [2.75, 3.05) is 6.54 Å². The van der Waals surface area contributed by atoms with E-state index in [9.17, 15) is 4.79 Å². The summed E-state index contributed by atoms with van der Waals surface area (Å²) in [6.45, 7) is 4.99. The van der Waals surface area contributed by atoms with Gasteiger partial charge in [0.05, 0.1) is 6.04 Å². The molecule has 0 bridgehead atoms. The van der Waals surface area contributed by atoms with E-state index in [0.29, 0.717) is 11.8 Å². The minimum absolute atomic E-state index is 0.0191. The van der Waals surface area contributed by atoms with Gasteiger partial charge in [-0.15, -0.1) is 0 Å². The van der Waals surface area contributed by atoms with E-state index in [-0.39, 0.29) is 11.9 Å². The monoisotopic (exact) mass is 198 g/mol. The van der Waals surface area contributed by atoms with Crippen molar-refractivity contribution in [2.45, 2.75) is 45.6 Å². The largest absolute Gasteiger partial charge is 0.354 e. The molecule has 1 saturated carbocycles. The van der Waals surface area contributed by atoms with E-state index in [0.717, 1.165) is 13.0 Å². The van der Waals surface area contributed by atoms with Gasteiger partial charge in [-0.3, -0.25) is 4.79 Å². The number of carbonyl (C=O) groups excluding carboxylic acids is 1. The fourth-order valence-corrected chi connectivity index (χ4v) is 1.69. The predicted molar refractivity (Wildman–Crippen MR) is 57.8 cm³/mol. The fraction of sp³-hybridized carbons (Fsp3) is 0.909. The van der Waals surface area contributed by atoms with Gasteiger partial charge in [0.25, 0.3) is 0 Å². The molecule has 0 spiro atoms. The Kier molecular flexibility index (Phi) is 4.39. The number of rotatable bonds is 5. The lowest BCUT2D eigenvalue weighted by Crippen LogP contribution is -2.43. The zero-order chi connectivity index (χ0) is 10.6. The lowest BCUT2D eigenvalue weighted by Gasteiger charge is -2.26. The highest BCUT2D eigenvalue weighted by Crippen LogP contribution is 2.25. The van der Waals surface area contributed by atoms with E-state index in [2.05, 4.69) is 19.2 Å². The quantitative estimate of drug-likeness (QED) is 0.699. The molecule has 0 heterocycles. The molecule has 0 saturated heterocycles. The van der Waals surface area contributed by atoms with Crippen molar-refractivity contribution in [3.05, 3.63) is 0 Å². The minimum atomic E-state index is -0.324. The van der Waals surface area contributed by atoms with E-state index in [1.165, 1.54) is 19.3 Å². The molecule has 1 rings (SSSR count). The van der Waals surface area contributed by atoms with Crippen molar-refractivity contribution >= 4 is 5.91 Å². The van der Waals surface area contributed by atoms with Crippen LogP contribution < -0.4 is 11.1 Å². The van der Waals surface area contributed by atoms with Crippen LogP contribution in [0.25, 0.3) is 0 Å². The normalized spacial score (nSPS) is 19.1. The first-order valence-corrected chi connectivity index (χ1v) is 5.63. The second-order valence-electron chi connectivity index (χ2n) is 4.78. The smallest absolute Gasteiger partial charge is 0.236 e.